The van der Waals surface area contributed by atoms with E-state index in [9.17, 15) is 13.2 Å². The number of fused-ring (bicyclic) bond motifs is 1. The molecule has 3 rings (SSSR count). The van der Waals surface area contributed by atoms with Gasteiger partial charge in [-0.3, -0.25) is 0 Å². The van der Waals surface area contributed by atoms with Crippen molar-refractivity contribution in [1.29, 1.82) is 0 Å². The van der Waals surface area contributed by atoms with Crippen molar-refractivity contribution in [3.63, 3.8) is 0 Å². The minimum absolute atomic E-state index is 0.186. The summed E-state index contributed by atoms with van der Waals surface area (Å²) in [4.78, 5) is 9.33. The average molecular weight is 308 g/mol. The van der Waals surface area contributed by atoms with Crippen LogP contribution in [0.25, 0.3) is 16.8 Å². The highest BCUT2D eigenvalue weighted by Gasteiger charge is 2.36. The van der Waals surface area contributed by atoms with E-state index in [0.717, 1.165) is 6.20 Å². The van der Waals surface area contributed by atoms with Crippen molar-refractivity contribution in [3.05, 3.63) is 36.3 Å². The van der Waals surface area contributed by atoms with Gasteiger partial charge in [0.25, 0.3) is 0 Å². The lowest BCUT2D eigenvalue weighted by Gasteiger charge is -2.15. The molecule has 0 spiro atoms. The summed E-state index contributed by atoms with van der Waals surface area (Å²) in [7, 11) is 3.31. The molecule has 3 aromatic heterocycles. The Morgan fingerprint density at radius 2 is 1.91 bits per heavy atom. The molecule has 0 aromatic carbocycles. The summed E-state index contributed by atoms with van der Waals surface area (Å²) >= 11 is 0. The Kier molecular flexibility index (Phi) is 3.19. The molecule has 0 aliphatic heterocycles. The van der Waals surface area contributed by atoms with Crippen molar-refractivity contribution in [1.82, 2.24) is 24.8 Å². The zero-order valence-electron chi connectivity index (χ0n) is 11.7. The predicted octanol–water partition coefficient (Wildman–Crippen LogP) is 2.27. The van der Waals surface area contributed by atoms with Gasteiger partial charge in [-0.25, -0.2) is 9.97 Å². The van der Waals surface area contributed by atoms with Crippen LogP contribution in [0.5, 0.6) is 0 Å². The molecule has 0 bridgehead atoms. The Morgan fingerprint density at radius 1 is 1.14 bits per heavy atom. The lowest BCUT2D eigenvalue weighted by molar-refractivity contribution is -0.137. The number of anilines is 1. The Bertz CT molecular complexity index is 824. The van der Waals surface area contributed by atoms with Crippen LogP contribution in [0.2, 0.25) is 0 Å². The number of aromatic nitrogens is 5. The van der Waals surface area contributed by atoms with Gasteiger partial charge in [-0.2, -0.15) is 28.0 Å². The molecule has 0 amide bonds. The van der Waals surface area contributed by atoms with Crippen LogP contribution >= 0.6 is 0 Å². The summed E-state index contributed by atoms with van der Waals surface area (Å²) in [5, 5.41) is 7.90. The summed E-state index contributed by atoms with van der Waals surface area (Å²) in [5.74, 6) is 0.186. The first-order chi connectivity index (χ1) is 10.4. The zero-order chi connectivity index (χ0) is 15.9. The van der Waals surface area contributed by atoms with Crippen LogP contribution < -0.4 is 4.90 Å². The van der Waals surface area contributed by atoms with Crippen molar-refractivity contribution >= 4 is 11.5 Å². The zero-order valence-corrected chi connectivity index (χ0v) is 11.7. The number of hydrogen-bond donors (Lipinski definition) is 0. The van der Waals surface area contributed by atoms with Gasteiger partial charge in [0.2, 0.25) is 5.95 Å². The maximum Gasteiger partial charge on any atom is 0.419 e. The van der Waals surface area contributed by atoms with E-state index in [-0.39, 0.29) is 17.2 Å². The van der Waals surface area contributed by atoms with Gasteiger partial charge in [-0.1, -0.05) is 0 Å². The third kappa shape index (κ3) is 2.34. The molecule has 114 valence electrons. The molecule has 3 heterocycles. The highest BCUT2D eigenvalue weighted by atomic mass is 19.4. The summed E-state index contributed by atoms with van der Waals surface area (Å²) < 4.78 is 41.0. The fourth-order valence-corrected chi connectivity index (χ4v) is 2.02. The molecule has 6 nitrogen and oxygen atoms in total. The van der Waals surface area contributed by atoms with E-state index in [1.807, 2.05) is 0 Å². The van der Waals surface area contributed by atoms with Gasteiger partial charge in [0.1, 0.15) is 5.56 Å². The van der Waals surface area contributed by atoms with Crippen LogP contribution in [0.15, 0.2) is 30.7 Å². The smallest absolute Gasteiger partial charge is 0.347 e. The number of halogens is 3. The molecule has 0 aliphatic carbocycles. The molecular formula is C13H11F3N6. The Labute approximate surface area is 123 Å². The van der Waals surface area contributed by atoms with Crippen molar-refractivity contribution in [2.24, 2.45) is 0 Å². The highest BCUT2D eigenvalue weighted by Crippen LogP contribution is 2.37. The first-order valence-corrected chi connectivity index (χ1v) is 6.29. The lowest BCUT2D eigenvalue weighted by Crippen LogP contribution is -2.16. The average Bonchev–Trinajstić information content (AvgIpc) is 2.89. The third-order valence-electron chi connectivity index (χ3n) is 3.04. The van der Waals surface area contributed by atoms with E-state index < -0.39 is 11.7 Å². The second-order valence-corrected chi connectivity index (χ2v) is 4.78. The van der Waals surface area contributed by atoms with Crippen LogP contribution in [0, 0.1) is 0 Å². The molecule has 0 fully saturated rings. The summed E-state index contributed by atoms with van der Waals surface area (Å²) in [6, 6.07) is 3.26. The lowest BCUT2D eigenvalue weighted by atomic mass is 10.1. The van der Waals surface area contributed by atoms with Gasteiger partial charge in [0.15, 0.2) is 0 Å². The van der Waals surface area contributed by atoms with Crippen LogP contribution in [0.4, 0.5) is 19.1 Å². The second-order valence-electron chi connectivity index (χ2n) is 4.78. The molecular weight excluding hydrogens is 297 g/mol. The monoisotopic (exact) mass is 308 g/mol. The van der Waals surface area contributed by atoms with Gasteiger partial charge in [0.05, 0.1) is 17.4 Å². The molecule has 9 heteroatoms. The van der Waals surface area contributed by atoms with Crippen molar-refractivity contribution < 1.29 is 13.2 Å². The largest absolute Gasteiger partial charge is 0.419 e. The van der Waals surface area contributed by atoms with E-state index in [2.05, 4.69) is 20.2 Å². The topological polar surface area (TPSA) is 59.2 Å². The molecule has 0 aliphatic rings. The maximum atomic E-state index is 13.2. The number of alkyl halides is 3. The molecule has 3 aromatic rings. The fourth-order valence-electron chi connectivity index (χ4n) is 2.02. The summed E-state index contributed by atoms with van der Waals surface area (Å²) in [5.41, 5.74) is -0.423. The van der Waals surface area contributed by atoms with Crippen LogP contribution in [0.3, 0.4) is 0 Å². The Hall–Kier alpha value is -2.71. The normalized spacial score (nSPS) is 11.9. The Morgan fingerprint density at radius 3 is 2.59 bits per heavy atom. The van der Waals surface area contributed by atoms with Crippen LogP contribution in [0.1, 0.15) is 5.56 Å². The van der Waals surface area contributed by atoms with Crippen molar-refractivity contribution in [2.45, 2.75) is 6.18 Å². The van der Waals surface area contributed by atoms with Crippen molar-refractivity contribution in [2.75, 3.05) is 19.0 Å². The molecule has 0 N–H and O–H groups in total. The van der Waals surface area contributed by atoms with E-state index in [0.29, 0.717) is 5.52 Å². The molecule has 0 saturated heterocycles. The van der Waals surface area contributed by atoms with E-state index >= 15 is 0 Å². The van der Waals surface area contributed by atoms with Crippen LogP contribution in [-0.4, -0.2) is 38.9 Å². The van der Waals surface area contributed by atoms with Crippen molar-refractivity contribution in [3.8, 4) is 11.3 Å². The predicted molar refractivity (Wildman–Crippen MR) is 73.3 cm³/mol. The minimum Gasteiger partial charge on any atom is -0.347 e. The van der Waals surface area contributed by atoms with E-state index in [4.69, 9.17) is 0 Å². The first kappa shape index (κ1) is 14.2. The van der Waals surface area contributed by atoms with E-state index in [1.165, 1.54) is 21.9 Å². The summed E-state index contributed by atoms with van der Waals surface area (Å²) in [6.45, 7) is 0. The highest BCUT2D eigenvalue weighted by molar-refractivity contribution is 5.79. The Balaban J connectivity index is 2.29. The third-order valence-corrected chi connectivity index (χ3v) is 3.04. The number of nitrogens with zero attached hydrogens (tertiary/aromatic N) is 6. The molecule has 22 heavy (non-hydrogen) atoms. The number of hydrogen-bond acceptors (Lipinski definition) is 5. The van der Waals surface area contributed by atoms with Gasteiger partial charge >= 0.3 is 6.18 Å². The molecule has 0 atom stereocenters. The molecule has 0 saturated carbocycles. The second kappa shape index (κ2) is 4.93. The number of rotatable bonds is 2. The van der Waals surface area contributed by atoms with Gasteiger partial charge in [-0.15, -0.1) is 0 Å². The first-order valence-electron chi connectivity index (χ1n) is 6.29. The minimum atomic E-state index is -4.56. The van der Waals surface area contributed by atoms with Gasteiger partial charge < -0.3 is 4.90 Å². The van der Waals surface area contributed by atoms with Gasteiger partial charge in [0, 0.05) is 32.1 Å². The molecule has 0 radical (unpaired) electrons. The quantitative estimate of drug-likeness (QED) is 0.727. The van der Waals surface area contributed by atoms with Gasteiger partial charge in [-0.05, 0) is 12.1 Å². The molecule has 0 unspecified atom stereocenters. The SMILES string of the molecule is CN(C)c1ncc(C(F)(F)F)c(-c2cnn3ncccc23)n1. The summed E-state index contributed by atoms with van der Waals surface area (Å²) in [6.07, 6.45) is -0.951. The van der Waals surface area contributed by atoms with E-state index in [1.54, 1.807) is 26.2 Å². The maximum absolute atomic E-state index is 13.2. The van der Waals surface area contributed by atoms with Crippen LogP contribution in [-0.2, 0) is 6.18 Å². The standard InChI is InChI=1S/C13H11F3N6/c1-21(2)12-17-7-9(13(14,15)16)11(20-12)8-6-19-22-10(8)4-3-5-18-22/h3-7H,1-2H3. The fraction of sp³-hybridized carbons (Fsp3) is 0.231.